The molecule has 1 amide bonds. The number of amides is 1. The molecule has 1 atom stereocenters. The quantitative estimate of drug-likeness (QED) is 0.645. The lowest BCUT2D eigenvalue weighted by molar-refractivity contribution is -0.152. The van der Waals surface area contributed by atoms with Crippen molar-refractivity contribution in [3.63, 3.8) is 0 Å². The van der Waals surface area contributed by atoms with Gasteiger partial charge in [0.05, 0.1) is 0 Å². The fraction of sp³-hybridized carbons (Fsp3) is 0.300. The van der Waals surface area contributed by atoms with Crippen LogP contribution in [0.5, 0.6) is 0 Å². The van der Waals surface area contributed by atoms with Gasteiger partial charge in [-0.3, -0.25) is 9.59 Å². The van der Waals surface area contributed by atoms with Crippen LogP contribution in [-0.2, 0) is 14.3 Å². The van der Waals surface area contributed by atoms with Crippen LogP contribution in [0.1, 0.15) is 23.5 Å². The second kappa shape index (κ2) is 5.78. The van der Waals surface area contributed by atoms with E-state index in [1.807, 2.05) is 24.3 Å². The fourth-order valence-corrected chi connectivity index (χ4v) is 3.75. The van der Waals surface area contributed by atoms with E-state index in [2.05, 4.69) is 24.3 Å². The lowest BCUT2D eigenvalue weighted by Crippen LogP contribution is -2.29. The molecule has 4 rings (SSSR count). The van der Waals surface area contributed by atoms with Crippen molar-refractivity contribution in [2.45, 2.75) is 12.3 Å². The Balaban J connectivity index is 1.55. The molecule has 0 bridgehead atoms. The molecule has 4 nitrogen and oxygen atoms in total. The number of nitrogens with zero attached hydrogens (tertiary/aromatic N) is 1. The Bertz CT molecular complexity index is 769. The number of fused-ring (bicyclic) bond motifs is 3. The van der Waals surface area contributed by atoms with Gasteiger partial charge in [0, 0.05) is 19.5 Å². The number of hydrogen-bond donors (Lipinski definition) is 0. The smallest absolute Gasteiger partial charge is 0.318 e. The average Bonchev–Trinajstić information content (AvgIpc) is 3.11. The molecule has 1 unspecified atom stereocenters. The third-order valence-electron chi connectivity index (χ3n) is 5.07. The van der Waals surface area contributed by atoms with Gasteiger partial charge in [-0.2, -0.15) is 0 Å². The van der Waals surface area contributed by atoms with Crippen molar-refractivity contribution >= 4 is 11.9 Å². The topological polar surface area (TPSA) is 46.6 Å². The van der Waals surface area contributed by atoms with Gasteiger partial charge >= 0.3 is 5.97 Å². The highest BCUT2D eigenvalue weighted by Crippen LogP contribution is 2.44. The van der Waals surface area contributed by atoms with Gasteiger partial charge in [0.25, 0.3) is 0 Å². The van der Waals surface area contributed by atoms with Crippen LogP contribution in [0.3, 0.4) is 0 Å². The highest BCUT2D eigenvalue weighted by Gasteiger charge is 2.37. The summed E-state index contributed by atoms with van der Waals surface area (Å²) in [5.41, 5.74) is 4.76. The molecule has 1 saturated heterocycles. The van der Waals surface area contributed by atoms with Gasteiger partial charge in [-0.15, -0.1) is 0 Å². The molecule has 0 saturated carbocycles. The van der Waals surface area contributed by atoms with E-state index < -0.39 is 11.9 Å². The maximum atomic E-state index is 12.3. The summed E-state index contributed by atoms with van der Waals surface area (Å²) >= 11 is 0. The van der Waals surface area contributed by atoms with Gasteiger partial charge in [-0.05, 0) is 28.7 Å². The molecule has 0 radical (unpaired) electrons. The number of benzene rings is 2. The second-order valence-corrected chi connectivity index (χ2v) is 6.46. The molecule has 2 aliphatic rings. The van der Waals surface area contributed by atoms with Crippen LogP contribution in [0.25, 0.3) is 11.1 Å². The summed E-state index contributed by atoms with van der Waals surface area (Å²) in [4.78, 5) is 25.9. The van der Waals surface area contributed by atoms with E-state index in [4.69, 9.17) is 4.74 Å². The second-order valence-electron chi connectivity index (χ2n) is 6.46. The molecule has 2 aromatic carbocycles. The first kappa shape index (κ1) is 14.9. The molecular formula is C20H19NO3. The van der Waals surface area contributed by atoms with E-state index in [9.17, 15) is 9.59 Å². The van der Waals surface area contributed by atoms with E-state index in [1.54, 1.807) is 11.9 Å². The van der Waals surface area contributed by atoms with Gasteiger partial charge in [-0.1, -0.05) is 48.5 Å². The summed E-state index contributed by atoms with van der Waals surface area (Å²) < 4.78 is 5.56. The zero-order valence-corrected chi connectivity index (χ0v) is 13.6. The normalized spacial score (nSPS) is 19.3. The van der Waals surface area contributed by atoms with Crippen molar-refractivity contribution in [1.29, 1.82) is 0 Å². The number of ether oxygens (including phenoxy) is 1. The Morgan fingerprint density at radius 3 is 2.21 bits per heavy atom. The summed E-state index contributed by atoms with van der Waals surface area (Å²) in [6.07, 6.45) is 0.548. The monoisotopic (exact) mass is 321 g/mol. The molecule has 0 aromatic heterocycles. The maximum absolute atomic E-state index is 12.3. The third-order valence-corrected chi connectivity index (χ3v) is 5.07. The van der Waals surface area contributed by atoms with E-state index in [0.717, 1.165) is 0 Å². The molecule has 1 aliphatic carbocycles. The summed E-state index contributed by atoms with van der Waals surface area (Å²) in [6.45, 7) is 0.897. The molecule has 4 heteroatoms. The van der Waals surface area contributed by atoms with Crippen molar-refractivity contribution < 1.29 is 14.3 Å². The number of carbonyl (C=O) groups excluding carboxylic acids is 2. The van der Waals surface area contributed by atoms with Crippen molar-refractivity contribution in [1.82, 2.24) is 4.90 Å². The molecule has 1 heterocycles. The van der Waals surface area contributed by atoms with Crippen molar-refractivity contribution in [2.24, 2.45) is 5.92 Å². The minimum atomic E-state index is -0.637. The lowest BCUT2D eigenvalue weighted by Gasteiger charge is -2.16. The van der Waals surface area contributed by atoms with Gasteiger partial charge in [0.2, 0.25) is 5.91 Å². The number of rotatable bonds is 3. The summed E-state index contributed by atoms with van der Waals surface area (Å²) in [5.74, 6) is -1.13. The first-order valence-corrected chi connectivity index (χ1v) is 8.26. The van der Waals surface area contributed by atoms with E-state index in [0.29, 0.717) is 13.0 Å². The van der Waals surface area contributed by atoms with Gasteiger partial charge in [0.1, 0.15) is 12.5 Å². The highest BCUT2D eigenvalue weighted by atomic mass is 16.5. The highest BCUT2D eigenvalue weighted by molar-refractivity contribution is 5.99. The van der Waals surface area contributed by atoms with Crippen LogP contribution in [0, 0.1) is 5.92 Å². The zero-order chi connectivity index (χ0) is 16.7. The summed E-state index contributed by atoms with van der Waals surface area (Å²) in [5, 5.41) is 0. The standard InChI is InChI=1S/C20H19NO3/c1-21-11-10-17(19(21)22)20(23)24-12-18-15-8-4-2-6-13(15)14-7-3-5-9-16(14)18/h2-9,17-18H,10-12H2,1H3. The molecule has 24 heavy (non-hydrogen) atoms. The molecule has 0 spiro atoms. The Morgan fingerprint density at radius 2 is 1.67 bits per heavy atom. The molecular weight excluding hydrogens is 302 g/mol. The largest absolute Gasteiger partial charge is 0.464 e. The van der Waals surface area contributed by atoms with Gasteiger partial charge in [0.15, 0.2) is 0 Å². The Hall–Kier alpha value is -2.62. The zero-order valence-electron chi connectivity index (χ0n) is 13.6. The average molecular weight is 321 g/mol. The molecule has 122 valence electrons. The maximum Gasteiger partial charge on any atom is 0.318 e. The van der Waals surface area contributed by atoms with E-state index in [1.165, 1.54) is 22.3 Å². The minimum absolute atomic E-state index is 0.0376. The van der Waals surface area contributed by atoms with Crippen LogP contribution in [0.15, 0.2) is 48.5 Å². The Kier molecular flexibility index (Phi) is 3.60. The number of hydrogen-bond acceptors (Lipinski definition) is 3. The summed E-state index contributed by atoms with van der Waals surface area (Å²) in [7, 11) is 1.72. The number of likely N-dealkylation sites (tertiary alicyclic amines) is 1. The van der Waals surface area contributed by atoms with Crippen LogP contribution < -0.4 is 0 Å². The van der Waals surface area contributed by atoms with Crippen molar-refractivity contribution in [3.8, 4) is 11.1 Å². The first-order chi connectivity index (χ1) is 11.7. The minimum Gasteiger partial charge on any atom is -0.464 e. The number of esters is 1. The van der Waals surface area contributed by atoms with Crippen molar-refractivity contribution in [2.75, 3.05) is 20.2 Å². The molecule has 1 aliphatic heterocycles. The predicted molar refractivity (Wildman–Crippen MR) is 90.4 cm³/mol. The van der Waals surface area contributed by atoms with Crippen LogP contribution >= 0.6 is 0 Å². The fourth-order valence-electron chi connectivity index (χ4n) is 3.75. The predicted octanol–water partition coefficient (Wildman–Crippen LogP) is 2.82. The van der Waals surface area contributed by atoms with Gasteiger partial charge < -0.3 is 9.64 Å². The van der Waals surface area contributed by atoms with Crippen LogP contribution in [0.4, 0.5) is 0 Å². The van der Waals surface area contributed by atoms with Crippen molar-refractivity contribution in [3.05, 3.63) is 59.7 Å². The number of carbonyl (C=O) groups is 2. The lowest BCUT2D eigenvalue weighted by atomic mass is 9.98. The van der Waals surface area contributed by atoms with E-state index in [-0.39, 0.29) is 18.4 Å². The molecule has 2 aromatic rings. The molecule has 0 N–H and O–H groups in total. The SMILES string of the molecule is CN1CCC(C(=O)OCC2c3ccccc3-c3ccccc32)C1=O. The summed E-state index contributed by atoms with van der Waals surface area (Å²) in [6, 6.07) is 16.4. The van der Waals surface area contributed by atoms with Crippen LogP contribution in [-0.4, -0.2) is 37.0 Å². The molecule has 1 fully saturated rings. The Labute approximate surface area is 141 Å². The Morgan fingerprint density at radius 1 is 1.08 bits per heavy atom. The van der Waals surface area contributed by atoms with Gasteiger partial charge in [-0.25, -0.2) is 0 Å². The third kappa shape index (κ3) is 2.30. The van der Waals surface area contributed by atoms with E-state index >= 15 is 0 Å². The van der Waals surface area contributed by atoms with Crippen LogP contribution in [0.2, 0.25) is 0 Å². The first-order valence-electron chi connectivity index (χ1n) is 8.26.